The van der Waals surface area contributed by atoms with E-state index in [4.69, 9.17) is 0 Å². The molecule has 0 saturated carbocycles. The van der Waals surface area contributed by atoms with Gasteiger partial charge in [0, 0.05) is 6.04 Å². The first-order valence-corrected chi connectivity index (χ1v) is 6.88. The van der Waals surface area contributed by atoms with Crippen molar-refractivity contribution in [3.05, 3.63) is 35.9 Å². The third kappa shape index (κ3) is 5.88. The van der Waals surface area contributed by atoms with Gasteiger partial charge in [-0.25, -0.2) is 0 Å². The Kier molecular flexibility index (Phi) is 6.28. The van der Waals surface area contributed by atoms with Crippen LogP contribution in [0.4, 0.5) is 0 Å². The van der Waals surface area contributed by atoms with E-state index in [1.807, 2.05) is 0 Å². The molecule has 0 aromatic heterocycles. The van der Waals surface area contributed by atoms with Gasteiger partial charge < -0.3 is 5.32 Å². The van der Waals surface area contributed by atoms with Crippen LogP contribution in [-0.2, 0) is 0 Å². The van der Waals surface area contributed by atoms with Crippen molar-refractivity contribution < 1.29 is 0 Å². The van der Waals surface area contributed by atoms with Gasteiger partial charge in [-0.3, -0.25) is 0 Å². The Hall–Kier alpha value is -0.820. The molecular formula is C16H27N. The molecule has 2 unspecified atom stereocenters. The maximum absolute atomic E-state index is 3.61. The van der Waals surface area contributed by atoms with Crippen LogP contribution in [0.2, 0.25) is 0 Å². The molecule has 17 heavy (non-hydrogen) atoms. The van der Waals surface area contributed by atoms with Crippen molar-refractivity contribution in [2.45, 2.75) is 52.5 Å². The Labute approximate surface area is 107 Å². The third-order valence-electron chi connectivity index (χ3n) is 3.26. The van der Waals surface area contributed by atoms with Gasteiger partial charge in [0.2, 0.25) is 0 Å². The molecule has 96 valence electrons. The average molecular weight is 233 g/mol. The maximum atomic E-state index is 3.61. The molecule has 0 amide bonds. The van der Waals surface area contributed by atoms with E-state index in [0.717, 1.165) is 12.5 Å². The van der Waals surface area contributed by atoms with Gasteiger partial charge in [-0.05, 0) is 43.7 Å². The fraction of sp³-hybridized carbons (Fsp3) is 0.625. The van der Waals surface area contributed by atoms with E-state index in [9.17, 15) is 0 Å². The van der Waals surface area contributed by atoms with Crippen LogP contribution in [0.3, 0.4) is 0 Å². The molecule has 0 saturated heterocycles. The topological polar surface area (TPSA) is 12.0 Å². The van der Waals surface area contributed by atoms with Crippen LogP contribution in [0.1, 0.15) is 52.0 Å². The zero-order valence-electron chi connectivity index (χ0n) is 11.7. The van der Waals surface area contributed by atoms with E-state index in [2.05, 4.69) is 63.3 Å². The quantitative estimate of drug-likeness (QED) is 0.744. The first-order chi connectivity index (χ1) is 8.09. The lowest BCUT2D eigenvalue weighted by Crippen LogP contribution is -2.28. The second-order valence-electron chi connectivity index (χ2n) is 5.59. The van der Waals surface area contributed by atoms with Crippen molar-refractivity contribution in [1.29, 1.82) is 0 Å². The Balaban J connectivity index is 2.23. The summed E-state index contributed by atoms with van der Waals surface area (Å²) >= 11 is 0. The van der Waals surface area contributed by atoms with Crippen molar-refractivity contribution in [3.8, 4) is 0 Å². The molecule has 1 aromatic carbocycles. The molecule has 1 N–H and O–H groups in total. The van der Waals surface area contributed by atoms with E-state index in [1.54, 1.807) is 0 Å². The maximum Gasteiger partial charge on any atom is 0.00411 e. The molecule has 1 heteroatoms. The first-order valence-electron chi connectivity index (χ1n) is 6.88. The Morgan fingerprint density at radius 2 is 1.65 bits per heavy atom. The van der Waals surface area contributed by atoms with E-state index in [0.29, 0.717) is 12.0 Å². The summed E-state index contributed by atoms with van der Waals surface area (Å²) in [6, 6.07) is 11.4. The summed E-state index contributed by atoms with van der Waals surface area (Å²) < 4.78 is 0. The standard InChI is InChI=1S/C16H27N/c1-13(2)12-15(4)17-11-10-14(3)16-8-6-5-7-9-16/h5-9,13-15,17H,10-12H2,1-4H3. The van der Waals surface area contributed by atoms with Gasteiger partial charge in [0.05, 0.1) is 0 Å². The Morgan fingerprint density at radius 1 is 1.00 bits per heavy atom. The predicted octanol–water partition coefficient (Wildman–Crippen LogP) is 4.20. The number of hydrogen-bond donors (Lipinski definition) is 1. The van der Waals surface area contributed by atoms with E-state index in [1.165, 1.54) is 18.4 Å². The van der Waals surface area contributed by atoms with Gasteiger partial charge in [0.1, 0.15) is 0 Å². The fourth-order valence-corrected chi connectivity index (χ4v) is 2.28. The number of benzene rings is 1. The van der Waals surface area contributed by atoms with Gasteiger partial charge in [-0.2, -0.15) is 0 Å². The van der Waals surface area contributed by atoms with Crippen molar-refractivity contribution in [2.24, 2.45) is 5.92 Å². The molecule has 0 aliphatic rings. The lowest BCUT2D eigenvalue weighted by molar-refractivity contribution is 0.433. The van der Waals surface area contributed by atoms with E-state index in [-0.39, 0.29) is 0 Å². The van der Waals surface area contributed by atoms with Gasteiger partial charge in [0.15, 0.2) is 0 Å². The monoisotopic (exact) mass is 233 g/mol. The predicted molar refractivity (Wildman–Crippen MR) is 76.4 cm³/mol. The molecule has 0 aliphatic carbocycles. The zero-order valence-corrected chi connectivity index (χ0v) is 11.7. The van der Waals surface area contributed by atoms with Crippen LogP contribution in [0, 0.1) is 5.92 Å². The van der Waals surface area contributed by atoms with Gasteiger partial charge in [-0.1, -0.05) is 51.1 Å². The van der Waals surface area contributed by atoms with Crippen molar-refractivity contribution in [1.82, 2.24) is 5.32 Å². The minimum absolute atomic E-state index is 0.637. The largest absolute Gasteiger partial charge is 0.314 e. The van der Waals surface area contributed by atoms with Gasteiger partial charge in [0.25, 0.3) is 0 Å². The smallest absolute Gasteiger partial charge is 0.00411 e. The number of rotatable bonds is 7. The van der Waals surface area contributed by atoms with Crippen LogP contribution >= 0.6 is 0 Å². The van der Waals surface area contributed by atoms with Crippen LogP contribution in [-0.4, -0.2) is 12.6 Å². The van der Waals surface area contributed by atoms with E-state index >= 15 is 0 Å². The molecule has 0 fully saturated rings. The molecule has 2 atom stereocenters. The zero-order chi connectivity index (χ0) is 12.7. The average Bonchev–Trinajstić information content (AvgIpc) is 2.29. The van der Waals surface area contributed by atoms with Crippen LogP contribution in [0.5, 0.6) is 0 Å². The highest BCUT2D eigenvalue weighted by molar-refractivity contribution is 5.18. The second kappa shape index (κ2) is 7.50. The minimum Gasteiger partial charge on any atom is -0.314 e. The third-order valence-corrected chi connectivity index (χ3v) is 3.26. The van der Waals surface area contributed by atoms with Crippen molar-refractivity contribution in [2.75, 3.05) is 6.54 Å². The van der Waals surface area contributed by atoms with Crippen LogP contribution in [0.25, 0.3) is 0 Å². The molecule has 1 aromatic rings. The highest BCUT2D eigenvalue weighted by atomic mass is 14.9. The summed E-state index contributed by atoms with van der Waals surface area (Å²) in [6.45, 7) is 10.3. The molecule has 1 nitrogen and oxygen atoms in total. The SMILES string of the molecule is CC(C)CC(C)NCCC(C)c1ccccc1. The molecule has 0 spiro atoms. The summed E-state index contributed by atoms with van der Waals surface area (Å²) in [7, 11) is 0. The van der Waals surface area contributed by atoms with Gasteiger partial charge >= 0.3 is 0 Å². The summed E-state index contributed by atoms with van der Waals surface area (Å²) in [5.74, 6) is 1.43. The van der Waals surface area contributed by atoms with E-state index < -0.39 is 0 Å². The van der Waals surface area contributed by atoms with Crippen molar-refractivity contribution >= 4 is 0 Å². The molecular weight excluding hydrogens is 206 g/mol. The summed E-state index contributed by atoms with van der Waals surface area (Å²) in [6.07, 6.45) is 2.48. The number of hydrogen-bond acceptors (Lipinski definition) is 1. The number of nitrogens with one attached hydrogen (secondary N) is 1. The molecule has 1 rings (SSSR count). The Morgan fingerprint density at radius 3 is 2.24 bits per heavy atom. The lowest BCUT2D eigenvalue weighted by atomic mass is 9.97. The summed E-state index contributed by atoms with van der Waals surface area (Å²) in [5, 5.41) is 3.61. The normalized spacial score (nSPS) is 14.9. The highest BCUT2D eigenvalue weighted by Crippen LogP contribution is 2.17. The molecule has 0 radical (unpaired) electrons. The molecule has 0 heterocycles. The highest BCUT2D eigenvalue weighted by Gasteiger charge is 2.07. The molecule has 0 bridgehead atoms. The summed E-state index contributed by atoms with van der Waals surface area (Å²) in [5.41, 5.74) is 1.45. The lowest BCUT2D eigenvalue weighted by Gasteiger charge is -2.18. The molecule has 0 aliphatic heterocycles. The summed E-state index contributed by atoms with van der Waals surface area (Å²) in [4.78, 5) is 0. The van der Waals surface area contributed by atoms with Crippen LogP contribution < -0.4 is 5.32 Å². The minimum atomic E-state index is 0.637. The fourth-order valence-electron chi connectivity index (χ4n) is 2.28. The van der Waals surface area contributed by atoms with Crippen molar-refractivity contribution in [3.63, 3.8) is 0 Å². The Bertz CT molecular complexity index is 292. The van der Waals surface area contributed by atoms with Gasteiger partial charge in [-0.15, -0.1) is 0 Å². The van der Waals surface area contributed by atoms with Crippen LogP contribution in [0.15, 0.2) is 30.3 Å². The first kappa shape index (κ1) is 14.2. The second-order valence-corrected chi connectivity index (χ2v) is 5.59.